The van der Waals surface area contributed by atoms with Gasteiger partial charge in [-0.05, 0) is 34.4 Å². The molecule has 4 aromatic carbocycles. The van der Waals surface area contributed by atoms with Gasteiger partial charge in [-0.1, -0.05) is 103 Å². The molecule has 0 radical (unpaired) electrons. The van der Waals surface area contributed by atoms with E-state index >= 15 is 0 Å². The third-order valence-electron chi connectivity index (χ3n) is 6.50. The van der Waals surface area contributed by atoms with Gasteiger partial charge >= 0.3 is 11.9 Å². The maximum Gasteiger partial charge on any atom is 0.335 e. The highest BCUT2D eigenvalue weighted by Gasteiger charge is 2.39. The lowest BCUT2D eigenvalue weighted by atomic mass is 9.67. The van der Waals surface area contributed by atoms with Crippen molar-refractivity contribution in [3.8, 4) is 0 Å². The second kappa shape index (κ2) is 11.4. The molecule has 3 N–H and O–H groups in total. The summed E-state index contributed by atoms with van der Waals surface area (Å²) < 4.78 is 0. The van der Waals surface area contributed by atoms with Crippen molar-refractivity contribution in [1.29, 1.82) is 0 Å². The van der Waals surface area contributed by atoms with Crippen LogP contribution in [-0.4, -0.2) is 34.1 Å². The average molecular weight is 494 g/mol. The topological polar surface area (TPSA) is 104 Å². The van der Waals surface area contributed by atoms with E-state index < -0.39 is 29.3 Å². The zero-order valence-electron chi connectivity index (χ0n) is 20.1. The van der Waals surface area contributed by atoms with Gasteiger partial charge in [-0.3, -0.25) is 4.79 Å². The van der Waals surface area contributed by atoms with Crippen molar-refractivity contribution < 1.29 is 24.6 Å². The largest absolute Gasteiger partial charge is 0.480 e. The first kappa shape index (κ1) is 25.4. The Kier molecular flexibility index (Phi) is 7.79. The monoisotopic (exact) mass is 493 g/mol. The van der Waals surface area contributed by atoms with Crippen LogP contribution in [0.25, 0.3) is 0 Å². The Morgan fingerprint density at radius 3 is 1.46 bits per heavy atom. The highest BCUT2D eigenvalue weighted by Crippen LogP contribution is 2.42. The Hall–Kier alpha value is -4.71. The van der Waals surface area contributed by atoms with Crippen LogP contribution in [0, 0.1) is 0 Å². The fraction of sp³-hybridized carbons (Fsp3) is 0.129. The summed E-state index contributed by atoms with van der Waals surface area (Å²) in [5, 5.41) is 21.7. The number of aliphatic carboxylic acids is 1. The molecule has 1 atom stereocenters. The number of carboxylic acids is 2. The van der Waals surface area contributed by atoms with E-state index in [0.29, 0.717) is 5.56 Å². The molecule has 1 amide bonds. The van der Waals surface area contributed by atoms with Gasteiger partial charge in [0.15, 0.2) is 0 Å². The molecule has 0 bridgehead atoms. The first-order valence-corrected chi connectivity index (χ1v) is 11.9. The Morgan fingerprint density at radius 2 is 1.08 bits per heavy atom. The molecule has 0 unspecified atom stereocenters. The normalized spacial score (nSPS) is 11.9. The van der Waals surface area contributed by atoms with Gasteiger partial charge in [0.2, 0.25) is 5.91 Å². The summed E-state index contributed by atoms with van der Waals surface area (Å²) in [5.41, 5.74) is 2.62. The van der Waals surface area contributed by atoms with Crippen LogP contribution >= 0.6 is 0 Å². The zero-order valence-corrected chi connectivity index (χ0v) is 20.1. The zero-order chi connectivity index (χ0) is 26.3. The molecule has 0 aliphatic heterocycles. The van der Waals surface area contributed by atoms with E-state index in [-0.39, 0.29) is 18.4 Å². The Bertz CT molecular complexity index is 1260. The standard InChI is InChI=1S/C31H27NO5/c33-28(32-27(30(36)37)20-22-16-18-23(19-17-22)29(34)35)21-31(24-10-4-1-5-11-24,25-12-6-2-7-13-25)26-14-8-3-9-15-26/h1-19,27H,20-21H2,(H,32,33)(H,34,35)(H,36,37)/t27-/m0/s1. The van der Waals surface area contributed by atoms with E-state index in [2.05, 4.69) is 5.32 Å². The predicted octanol–water partition coefficient (Wildman–Crippen LogP) is 4.92. The number of benzene rings is 4. The van der Waals surface area contributed by atoms with Gasteiger partial charge in [-0.25, -0.2) is 9.59 Å². The highest BCUT2D eigenvalue weighted by atomic mass is 16.4. The predicted molar refractivity (Wildman–Crippen MR) is 140 cm³/mol. The minimum absolute atomic E-state index is 0.00717. The van der Waals surface area contributed by atoms with E-state index in [1.807, 2.05) is 91.0 Å². The van der Waals surface area contributed by atoms with E-state index in [4.69, 9.17) is 5.11 Å². The molecule has 0 saturated carbocycles. The van der Waals surface area contributed by atoms with Gasteiger partial charge in [0.25, 0.3) is 0 Å². The molecular formula is C31H27NO5. The van der Waals surface area contributed by atoms with Crippen LogP contribution in [0.1, 0.15) is 39.0 Å². The number of carbonyl (C=O) groups excluding carboxylic acids is 1. The second-order valence-electron chi connectivity index (χ2n) is 8.84. The van der Waals surface area contributed by atoms with Crippen molar-refractivity contribution in [1.82, 2.24) is 5.32 Å². The smallest absolute Gasteiger partial charge is 0.335 e. The first-order valence-electron chi connectivity index (χ1n) is 11.9. The summed E-state index contributed by atoms with van der Waals surface area (Å²) in [6.45, 7) is 0. The lowest BCUT2D eigenvalue weighted by Gasteiger charge is -2.36. The number of amides is 1. The van der Waals surface area contributed by atoms with Gasteiger partial charge in [-0.15, -0.1) is 0 Å². The minimum Gasteiger partial charge on any atom is -0.480 e. The summed E-state index contributed by atoms with van der Waals surface area (Å²) in [6, 6.07) is 34.0. The molecule has 6 nitrogen and oxygen atoms in total. The second-order valence-corrected chi connectivity index (χ2v) is 8.84. The molecule has 0 heterocycles. The van der Waals surface area contributed by atoms with Gasteiger partial charge in [0.05, 0.1) is 11.0 Å². The lowest BCUT2D eigenvalue weighted by molar-refractivity contribution is -0.141. The molecule has 4 aromatic rings. The van der Waals surface area contributed by atoms with E-state index in [0.717, 1.165) is 16.7 Å². The number of nitrogens with one attached hydrogen (secondary N) is 1. The Morgan fingerprint density at radius 1 is 0.649 bits per heavy atom. The van der Waals surface area contributed by atoms with Crippen molar-refractivity contribution in [3.63, 3.8) is 0 Å². The molecule has 37 heavy (non-hydrogen) atoms. The van der Waals surface area contributed by atoms with E-state index in [1.54, 1.807) is 12.1 Å². The van der Waals surface area contributed by atoms with Gasteiger partial charge in [0.1, 0.15) is 6.04 Å². The summed E-state index contributed by atoms with van der Waals surface area (Å²) in [7, 11) is 0. The number of carboxylic acid groups (broad SMARTS) is 2. The number of aromatic carboxylic acids is 1. The Labute approximate surface area is 215 Å². The molecule has 0 fully saturated rings. The van der Waals surface area contributed by atoms with Crippen LogP contribution < -0.4 is 5.32 Å². The van der Waals surface area contributed by atoms with Crippen LogP contribution in [0.4, 0.5) is 0 Å². The van der Waals surface area contributed by atoms with Crippen LogP contribution in [0.2, 0.25) is 0 Å². The molecule has 4 rings (SSSR count). The van der Waals surface area contributed by atoms with Crippen molar-refractivity contribution in [2.75, 3.05) is 0 Å². The van der Waals surface area contributed by atoms with Crippen molar-refractivity contribution >= 4 is 17.8 Å². The molecule has 0 spiro atoms. The molecule has 0 aliphatic carbocycles. The third-order valence-corrected chi connectivity index (χ3v) is 6.50. The molecular weight excluding hydrogens is 466 g/mol. The van der Waals surface area contributed by atoms with Crippen LogP contribution in [-0.2, 0) is 21.4 Å². The first-order chi connectivity index (χ1) is 17.9. The van der Waals surface area contributed by atoms with Crippen molar-refractivity contribution in [2.24, 2.45) is 0 Å². The van der Waals surface area contributed by atoms with Crippen molar-refractivity contribution in [3.05, 3.63) is 143 Å². The Balaban J connectivity index is 1.68. The SMILES string of the molecule is O=C(CC(c1ccccc1)(c1ccccc1)c1ccccc1)N[C@@H](Cc1ccc(C(=O)O)cc1)C(=O)O. The van der Waals surface area contributed by atoms with E-state index in [1.165, 1.54) is 12.1 Å². The number of hydrogen-bond donors (Lipinski definition) is 3. The number of rotatable bonds is 10. The molecule has 0 saturated heterocycles. The fourth-order valence-corrected chi connectivity index (χ4v) is 4.68. The van der Waals surface area contributed by atoms with Gasteiger partial charge < -0.3 is 15.5 Å². The molecule has 0 aliphatic rings. The number of carbonyl (C=O) groups is 3. The fourth-order valence-electron chi connectivity index (χ4n) is 4.68. The average Bonchev–Trinajstić information content (AvgIpc) is 2.93. The quantitative estimate of drug-likeness (QED) is 0.272. The van der Waals surface area contributed by atoms with Gasteiger partial charge in [-0.2, -0.15) is 0 Å². The van der Waals surface area contributed by atoms with Crippen molar-refractivity contribution in [2.45, 2.75) is 24.3 Å². The molecule has 6 heteroatoms. The maximum atomic E-state index is 13.6. The summed E-state index contributed by atoms with van der Waals surface area (Å²) in [5.74, 6) is -2.64. The number of hydrogen-bond acceptors (Lipinski definition) is 3. The lowest BCUT2D eigenvalue weighted by Crippen LogP contribution is -2.45. The highest BCUT2D eigenvalue weighted by molar-refractivity contribution is 5.88. The molecule has 186 valence electrons. The third kappa shape index (κ3) is 5.76. The molecule has 0 aromatic heterocycles. The van der Waals surface area contributed by atoms with Gasteiger partial charge in [0, 0.05) is 12.8 Å². The van der Waals surface area contributed by atoms with Crippen LogP contribution in [0.3, 0.4) is 0 Å². The summed E-state index contributed by atoms with van der Waals surface area (Å²) >= 11 is 0. The van der Waals surface area contributed by atoms with Crippen LogP contribution in [0.5, 0.6) is 0 Å². The summed E-state index contributed by atoms with van der Waals surface area (Å²) in [4.78, 5) is 36.8. The summed E-state index contributed by atoms with van der Waals surface area (Å²) in [6.07, 6.45) is 0.0166. The minimum atomic E-state index is -1.18. The maximum absolute atomic E-state index is 13.6. The van der Waals surface area contributed by atoms with E-state index in [9.17, 15) is 19.5 Å². The van der Waals surface area contributed by atoms with Crippen LogP contribution in [0.15, 0.2) is 115 Å².